The average molecular weight is 583 g/mol. The van der Waals surface area contributed by atoms with Gasteiger partial charge in [-0.15, -0.1) is 0 Å². The molecule has 3 aromatic rings. The van der Waals surface area contributed by atoms with Crippen LogP contribution in [0.1, 0.15) is 54.4 Å². The molecule has 1 aliphatic carbocycles. The van der Waals surface area contributed by atoms with E-state index in [9.17, 15) is 19.2 Å². The van der Waals surface area contributed by atoms with E-state index in [-0.39, 0.29) is 24.9 Å². The van der Waals surface area contributed by atoms with Crippen molar-refractivity contribution in [2.45, 2.75) is 63.3 Å². The van der Waals surface area contributed by atoms with E-state index in [1.54, 1.807) is 53.4 Å². The molecule has 3 aromatic carbocycles. The lowest BCUT2D eigenvalue weighted by atomic mass is 9.99. The van der Waals surface area contributed by atoms with Crippen LogP contribution in [0.2, 0.25) is 0 Å². The number of benzene rings is 3. The summed E-state index contributed by atoms with van der Waals surface area (Å²) >= 11 is 0. The third-order valence-corrected chi connectivity index (χ3v) is 8.40. The maximum absolute atomic E-state index is 14.4. The van der Waals surface area contributed by atoms with Crippen LogP contribution in [0.25, 0.3) is 0 Å². The van der Waals surface area contributed by atoms with Crippen LogP contribution in [0.15, 0.2) is 78.9 Å². The third-order valence-electron chi connectivity index (χ3n) is 8.40. The summed E-state index contributed by atoms with van der Waals surface area (Å²) in [7, 11) is 0. The molecule has 2 unspecified atom stereocenters. The van der Waals surface area contributed by atoms with Crippen LogP contribution in [0.3, 0.4) is 0 Å². The predicted octanol–water partition coefficient (Wildman–Crippen LogP) is 4.19. The predicted molar refractivity (Wildman–Crippen MR) is 158 cm³/mol. The van der Waals surface area contributed by atoms with Gasteiger partial charge in [-0.3, -0.25) is 19.3 Å². The third kappa shape index (κ3) is 5.83. The molecular formula is C33H34N4O6. The molecule has 6 rings (SSSR count). The van der Waals surface area contributed by atoms with E-state index in [4.69, 9.17) is 15.3 Å². The number of ether oxygens (including phenoxy) is 2. The van der Waals surface area contributed by atoms with Crippen LogP contribution >= 0.6 is 0 Å². The van der Waals surface area contributed by atoms with E-state index >= 15 is 0 Å². The number of esters is 1. The summed E-state index contributed by atoms with van der Waals surface area (Å²) in [5.41, 5.74) is 1.23. The van der Waals surface area contributed by atoms with Crippen molar-refractivity contribution in [2.24, 2.45) is 5.84 Å². The van der Waals surface area contributed by atoms with Crippen LogP contribution in [-0.4, -0.2) is 58.3 Å². The van der Waals surface area contributed by atoms with E-state index < -0.39 is 30.1 Å². The summed E-state index contributed by atoms with van der Waals surface area (Å²) in [5, 5.41) is 0.839. The largest absolute Gasteiger partial charge is 0.457 e. The fourth-order valence-electron chi connectivity index (χ4n) is 6.27. The van der Waals surface area contributed by atoms with Crippen LogP contribution in [0.4, 0.5) is 5.69 Å². The van der Waals surface area contributed by atoms with E-state index in [0.717, 1.165) is 30.7 Å². The molecule has 2 atom stereocenters. The van der Waals surface area contributed by atoms with Gasteiger partial charge in [0.05, 0.1) is 5.69 Å². The van der Waals surface area contributed by atoms with Crippen molar-refractivity contribution in [3.05, 3.63) is 90.0 Å². The smallest absolute Gasteiger partial charge is 0.331 e. The van der Waals surface area contributed by atoms with Gasteiger partial charge in [-0.25, -0.2) is 15.6 Å². The Labute approximate surface area is 249 Å². The minimum atomic E-state index is -1.02. The first kappa shape index (κ1) is 28.4. The lowest BCUT2D eigenvalue weighted by molar-refractivity contribution is -0.168. The maximum atomic E-state index is 14.4. The summed E-state index contributed by atoms with van der Waals surface area (Å²) in [6.45, 7) is 0.266. The van der Waals surface area contributed by atoms with Crippen molar-refractivity contribution < 1.29 is 28.7 Å². The summed E-state index contributed by atoms with van der Waals surface area (Å²) in [5.74, 6) is 4.69. The number of hydrazine groups is 1. The number of para-hydroxylation sites is 2. The number of anilines is 1. The molecule has 1 saturated heterocycles. The van der Waals surface area contributed by atoms with E-state index in [2.05, 4.69) is 0 Å². The number of carbonyl (C=O) groups is 4. The van der Waals surface area contributed by atoms with Gasteiger partial charge in [-0.05, 0) is 61.2 Å². The Morgan fingerprint density at radius 3 is 2.35 bits per heavy atom. The Kier molecular flexibility index (Phi) is 8.11. The molecule has 3 amide bonds. The van der Waals surface area contributed by atoms with Gasteiger partial charge >= 0.3 is 17.8 Å². The number of nitrogens with zero attached hydrogens (tertiary/aromatic N) is 3. The summed E-state index contributed by atoms with van der Waals surface area (Å²) in [6, 6.07) is 21.9. The Balaban J connectivity index is 1.40. The van der Waals surface area contributed by atoms with Gasteiger partial charge < -0.3 is 14.4 Å². The number of rotatable bonds is 5. The van der Waals surface area contributed by atoms with Crippen molar-refractivity contribution in [2.75, 3.05) is 11.6 Å². The van der Waals surface area contributed by atoms with Gasteiger partial charge in [0, 0.05) is 31.0 Å². The normalized spacial score (nSPS) is 21.1. The highest BCUT2D eigenvalue weighted by molar-refractivity contribution is 6.40. The van der Waals surface area contributed by atoms with Gasteiger partial charge in [-0.1, -0.05) is 55.3 Å². The molecule has 2 heterocycles. The van der Waals surface area contributed by atoms with Gasteiger partial charge in [0.1, 0.15) is 17.5 Å². The van der Waals surface area contributed by atoms with E-state index in [1.165, 1.54) is 4.90 Å². The molecule has 3 aliphatic rings. The number of hydrogen-bond acceptors (Lipinski definition) is 7. The molecule has 10 heteroatoms. The second-order valence-corrected chi connectivity index (χ2v) is 11.1. The Bertz CT molecular complexity index is 1520. The first-order valence-electron chi connectivity index (χ1n) is 14.7. The molecule has 2 N–H and O–H groups in total. The van der Waals surface area contributed by atoms with Gasteiger partial charge in [0.15, 0.2) is 6.23 Å². The number of nitrogens with two attached hydrogens (primary N) is 1. The zero-order chi connectivity index (χ0) is 29.9. The second-order valence-electron chi connectivity index (χ2n) is 11.1. The van der Waals surface area contributed by atoms with E-state index in [0.29, 0.717) is 41.2 Å². The van der Waals surface area contributed by atoms with Crippen molar-refractivity contribution in [1.29, 1.82) is 0 Å². The van der Waals surface area contributed by atoms with E-state index in [1.807, 2.05) is 30.3 Å². The lowest BCUT2D eigenvalue weighted by Crippen LogP contribution is -2.53. The van der Waals surface area contributed by atoms with Crippen molar-refractivity contribution in [3.63, 3.8) is 0 Å². The van der Waals surface area contributed by atoms with Gasteiger partial charge in [0.2, 0.25) is 0 Å². The molecule has 0 aromatic heterocycles. The monoisotopic (exact) mass is 582 g/mol. The zero-order valence-electron chi connectivity index (χ0n) is 23.8. The molecule has 10 nitrogen and oxygen atoms in total. The lowest BCUT2D eigenvalue weighted by Gasteiger charge is -2.36. The highest BCUT2D eigenvalue weighted by Crippen LogP contribution is 2.33. The molecule has 0 radical (unpaired) electrons. The summed E-state index contributed by atoms with van der Waals surface area (Å²) in [4.78, 5) is 57.7. The molecule has 0 bridgehead atoms. The molecule has 1 saturated carbocycles. The zero-order valence-corrected chi connectivity index (χ0v) is 23.8. The molecule has 43 heavy (non-hydrogen) atoms. The van der Waals surface area contributed by atoms with Crippen LogP contribution < -0.4 is 15.6 Å². The fourth-order valence-corrected chi connectivity index (χ4v) is 6.27. The summed E-state index contributed by atoms with van der Waals surface area (Å²) < 4.78 is 11.9. The van der Waals surface area contributed by atoms with Crippen LogP contribution in [-0.2, 0) is 25.5 Å². The number of amides is 3. The minimum absolute atomic E-state index is 0.0549. The standard InChI is InChI=1S/C33H34N4O6/c34-37-27-17-7-4-10-22(27)21-28(33(41)43-29-18-9-19-35(29)31(39)32(37)40)36(24-12-5-6-13-24)30(38)23-11-8-16-26(20-23)42-25-14-2-1-3-15-25/h1-4,7-8,10-11,14-17,20,24,28-29H,5-6,9,12-13,18-19,21,34H2. The molecule has 222 valence electrons. The number of hydrogen-bond donors (Lipinski definition) is 1. The molecule has 2 aliphatic heterocycles. The van der Waals surface area contributed by atoms with Crippen molar-refractivity contribution in [3.8, 4) is 11.5 Å². The minimum Gasteiger partial charge on any atom is -0.457 e. The summed E-state index contributed by atoms with van der Waals surface area (Å²) in [6.07, 6.45) is 3.45. The maximum Gasteiger partial charge on any atom is 0.331 e. The molecule has 0 spiro atoms. The SMILES string of the molecule is NN1C(=O)C(=O)N2CCCC2OC(=O)C(N(C(=O)c2cccc(Oc3ccccc3)c2)C2CCCC2)Cc2ccccc21. The Morgan fingerprint density at radius 1 is 0.837 bits per heavy atom. The first-order chi connectivity index (χ1) is 20.9. The van der Waals surface area contributed by atoms with Crippen LogP contribution in [0.5, 0.6) is 11.5 Å². The quantitative estimate of drug-likeness (QED) is 0.207. The highest BCUT2D eigenvalue weighted by Gasteiger charge is 2.43. The van der Waals surface area contributed by atoms with Crippen molar-refractivity contribution in [1.82, 2.24) is 9.80 Å². The first-order valence-corrected chi connectivity index (χ1v) is 14.7. The van der Waals surface area contributed by atoms with Gasteiger partial charge in [0.25, 0.3) is 5.91 Å². The second kappa shape index (κ2) is 12.3. The Morgan fingerprint density at radius 2 is 1.56 bits per heavy atom. The number of carbonyl (C=O) groups excluding carboxylic acids is 4. The van der Waals surface area contributed by atoms with Crippen molar-refractivity contribution >= 4 is 29.4 Å². The van der Waals surface area contributed by atoms with Crippen LogP contribution in [0, 0.1) is 0 Å². The van der Waals surface area contributed by atoms with Gasteiger partial charge in [-0.2, -0.15) is 0 Å². The fraction of sp³-hybridized carbons (Fsp3) is 0.333. The molecule has 2 fully saturated rings. The number of fused-ring (bicyclic) bond motifs is 2. The molecular weight excluding hydrogens is 548 g/mol. The topological polar surface area (TPSA) is 122 Å². The average Bonchev–Trinajstić information content (AvgIpc) is 3.73. The highest BCUT2D eigenvalue weighted by atomic mass is 16.6. The Hall–Kier alpha value is -4.70.